The van der Waals surface area contributed by atoms with Crippen molar-refractivity contribution >= 4 is 31.6 Å². The van der Waals surface area contributed by atoms with Crippen LogP contribution in [-0.2, 0) is 42.4 Å². The fourth-order valence-corrected chi connectivity index (χ4v) is 7.42. The third-order valence-electron chi connectivity index (χ3n) is 7.86. The predicted octanol–water partition coefficient (Wildman–Crippen LogP) is 3.27. The second-order valence-electron chi connectivity index (χ2n) is 13.0. The van der Waals surface area contributed by atoms with Gasteiger partial charge in [-0.3, -0.25) is 18.7 Å². The number of rotatable bonds is 18. The Kier molecular flexibility index (Phi) is 12.1. The second kappa shape index (κ2) is 15.5. The highest BCUT2D eigenvalue weighted by Gasteiger charge is 2.64. The first kappa shape index (κ1) is 36.8. The zero-order valence-corrected chi connectivity index (χ0v) is 29.0. The minimum Gasteiger partial charge on any atom is -0.465 e. The Hall–Kier alpha value is -3.04. The molecule has 4 unspecified atom stereocenters. The van der Waals surface area contributed by atoms with Crippen molar-refractivity contribution in [3.05, 3.63) is 22.7 Å². The van der Waals surface area contributed by atoms with Crippen LogP contribution in [-0.4, -0.2) is 83.4 Å². The molecule has 1 saturated carbocycles. The number of esters is 2. The van der Waals surface area contributed by atoms with Gasteiger partial charge in [-0.25, -0.2) is 19.8 Å². The van der Waals surface area contributed by atoms with Crippen molar-refractivity contribution in [2.45, 2.75) is 116 Å². The summed E-state index contributed by atoms with van der Waals surface area (Å²) in [5, 5.41) is 8.76. The van der Waals surface area contributed by atoms with Crippen LogP contribution in [0.4, 0.5) is 10.6 Å². The van der Waals surface area contributed by atoms with Crippen molar-refractivity contribution in [3.63, 3.8) is 0 Å². The molecule has 0 spiro atoms. The average Bonchev–Trinajstić information content (AvgIpc) is 3.68. The van der Waals surface area contributed by atoms with Crippen LogP contribution in [0.5, 0.6) is 0 Å². The van der Waals surface area contributed by atoms with Gasteiger partial charge in [0.2, 0.25) is 0 Å². The summed E-state index contributed by atoms with van der Waals surface area (Å²) in [5.74, 6) is -0.875. The van der Waals surface area contributed by atoms with E-state index in [0.717, 1.165) is 12.8 Å². The maximum atomic E-state index is 14.6. The number of nitrogens with zero attached hydrogens (tertiary/aromatic N) is 2. The largest absolute Gasteiger partial charge is 0.509 e. The Bertz CT molecular complexity index is 1350. The maximum absolute atomic E-state index is 14.6. The van der Waals surface area contributed by atoms with Gasteiger partial charge >= 0.3 is 31.5 Å². The lowest BCUT2D eigenvalue weighted by molar-refractivity contribution is -0.146. The summed E-state index contributed by atoms with van der Waals surface area (Å²) < 4.78 is 49.5. The third-order valence-corrected chi connectivity index (χ3v) is 9.68. The van der Waals surface area contributed by atoms with E-state index in [-0.39, 0.29) is 43.9 Å². The van der Waals surface area contributed by atoms with E-state index in [1.807, 2.05) is 27.7 Å². The van der Waals surface area contributed by atoms with E-state index in [1.165, 1.54) is 10.8 Å². The summed E-state index contributed by atoms with van der Waals surface area (Å²) in [7, 11) is -4.29. The first-order chi connectivity index (χ1) is 22.2. The van der Waals surface area contributed by atoms with Crippen LogP contribution in [0.25, 0.3) is 0 Å². The highest BCUT2D eigenvalue weighted by Crippen LogP contribution is 2.48. The summed E-state index contributed by atoms with van der Waals surface area (Å²) in [4.78, 5) is 55.5. The molecule has 1 aromatic rings. The minimum atomic E-state index is -4.29. The van der Waals surface area contributed by atoms with E-state index in [9.17, 15) is 23.7 Å². The number of nitrogens with one attached hydrogen (secondary N) is 3. The van der Waals surface area contributed by atoms with Crippen LogP contribution in [0.3, 0.4) is 0 Å². The van der Waals surface area contributed by atoms with Gasteiger partial charge in [-0.05, 0) is 64.4 Å². The van der Waals surface area contributed by atoms with Crippen LogP contribution >= 0.6 is 7.67 Å². The molecule has 264 valence electrons. The Morgan fingerprint density at radius 1 is 1.04 bits per heavy atom. The number of anilines is 1. The molecule has 16 nitrogen and oxygen atoms in total. The number of fused-ring (bicyclic) bond motifs is 1. The fourth-order valence-electron chi connectivity index (χ4n) is 5.60. The molecule has 3 fully saturated rings. The normalized spacial score (nSPS) is 26.2. The van der Waals surface area contributed by atoms with Crippen molar-refractivity contribution in [1.29, 1.82) is 0 Å². The summed E-state index contributed by atoms with van der Waals surface area (Å²) in [6, 6.07) is -0.214. The van der Waals surface area contributed by atoms with Gasteiger partial charge < -0.3 is 33.5 Å². The summed E-state index contributed by atoms with van der Waals surface area (Å²) in [6.45, 7) is 12.2. The molecule has 3 aliphatic rings. The van der Waals surface area contributed by atoms with E-state index >= 15 is 0 Å². The van der Waals surface area contributed by atoms with Gasteiger partial charge in [0.1, 0.15) is 24.0 Å². The predicted molar refractivity (Wildman–Crippen MR) is 168 cm³/mol. The van der Waals surface area contributed by atoms with Crippen molar-refractivity contribution in [2.24, 2.45) is 11.8 Å². The van der Waals surface area contributed by atoms with Crippen molar-refractivity contribution in [2.75, 3.05) is 25.1 Å². The standard InChI is InChI=1S/C30H48N5O11P/c1-8-41-25(36)20(14-17(3)4)33-47(40,34-21(15-18(5)6)26(37)42-9-2)43-16-22-24-30(7,46-29(39)45-24)27(44-22)35-13-12-23(32-28(35)38)31-19-10-11-19/h12-13,17-22,24,27H,8-11,14-16H2,1-7H3,(H,31,32,38)(H2,33,34,40)/t20?,21?,22-,24?,27+,30?,47?/m1/s1. The molecule has 2 saturated heterocycles. The van der Waals surface area contributed by atoms with E-state index < -0.39 is 74.2 Å². The molecule has 3 N–H and O–H groups in total. The lowest BCUT2D eigenvalue weighted by Crippen LogP contribution is -2.46. The monoisotopic (exact) mass is 685 g/mol. The van der Waals surface area contributed by atoms with E-state index in [2.05, 4.69) is 20.5 Å². The first-order valence-corrected chi connectivity index (χ1v) is 17.8. The van der Waals surface area contributed by atoms with Crippen LogP contribution < -0.4 is 21.2 Å². The summed E-state index contributed by atoms with van der Waals surface area (Å²) in [6.07, 6.45) is -0.313. The number of carbonyl (C=O) groups excluding carboxylic acids is 3. The highest BCUT2D eigenvalue weighted by atomic mass is 31.2. The minimum absolute atomic E-state index is 0.00524. The molecule has 1 aromatic heterocycles. The molecule has 1 aliphatic carbocycles. The molecule has 47 heavy (non-hydrogen) atoms. The second-order valence-corrected chi connectivity index (χ2v) is 14.9. The molecule has 0 radical (unpaired) electrons. The lowest BCUT2D eigenvalue weighted by atomic mass is 9.96. The molecule has 3 heterocycles. The number of hydrogen-bond acceptors (Lipinski definition) is 13. The molecule has 2 aliphatic heterocycles. The lowest BCUT2D eigenvalue weighted by Gasteiger charge is -2.30. The summed E-state index contributed by atoms with van der Waals surface area (Å²) in [5.41, 5.74) is -2.11. The highest BCUT2D eigenvalue weighted by molar-refractivity contribution is 7.54. The van der Waals surface area contributed by atoms with Gasteiger partial charge in [0.15, 0.2) is 17.9 Å². The van der Waals surface area contributed by atoms with Gasteiger partial charge in [0, 0.05) is 12.2 Å². The average molecular weight is 686 g/mol. The van der Waals surface area contributed by atoms with E-state index in [1.54, 1.807) is 26.8 Å². The Balaban J connectivity index is 1.61. The fraction of sp³-hybridized carbons (Fsp3) is 0.767. The first-order valence-electron chi connectivity index (χ1n) is 16.2. The Morgan fingerprint density at radius 2 is 1.62 bits per heavy atom. The molecule has 17 heteroatoms. The number of hydrogen-bond donors (Lipinski definition) is 3. The number of aromatic nitrogens is 2. The number of carbonyl (C=O) groups is 3. The van der Waals surface area contributed by atoms with Gasteiger partial charge in [-0.2, -0.15) is 4.98 Å². The Morgan fingerprint density at radius 3 is 2.11 bits per heavy atom. The Labute approximate surface area is 274 Å². The van der Waals surface area contributed by atoms with E-state index in [0.29, 0.717) is 5.82 Å². The van der Waals surface area contributed by atoms with Crippen molar-refractivity contribution in [3.8, 4) is 0 Å². The molecular formula is C30H48N5O11P. The number of ether oxygens (including phenoxy) is 5. The summed E-state index contributed by atoms with van der Waals surface area (Å²) >= 11 is 0. The van der Waals surface area contributed by atoms with Crippen LogP contribution in [0.1, 0.15) is 80.4 Å². The quantitative estimate of drug-likeness (QED) is 0.116. The molecule has 6 atom stereocenters. The van der Waals surface area contributed by atoms with Gasteiger partial charge in [0.25, 0.3) is 0 Å². The third kappa shape index (κ3) is 9.32. The van der Waals surface area contributed by atoms with Crippen LogP contribution in [0, 0.1) is 11.8 Å². The van der Waals surface area contributed by atoms with Crippen molar-refractivity contribution in [1.82, 2.24) is 19.7 Å². The van der Waals surface area contributed by atoms with Crippen molar-refractivity contribution < 1.29 is 47.2 Å². The van der Waals surface area contributed by atoms with Crippen LogP contribution in [0.15, 0.2) is 17.1 Å². The molecular weight excluding hydrogens is 637 g/mol. The zero-order chi connectivity index (χ0) is 34.5. The molecule has 4 rings (SSSR count). The van der Waals surface area contributed by atoms with E-state index in [4.69, 9.17) is 28.2 Å². The zero-order valence-electron chi connectivity index (χ0n) is 28.1. The molecule has 0 amide bonds. The molecule has 0 aromatic carbocycles. The van der Waals surface area contributed by atoms with Gasteiger partial charge in [0.05, 0.1) is 19.8 Å². The molecule has 0 bridgehead atoms. The van der Waals surface area contributed by atoms with Gasteiger partial charge in [-0.15, -0.1) is 0 Å². The van der Waals surface area contributed by atoms with Gasteiger partial charge in [-0.1, -0.05) is 27.7 Å². The topological polar surface area (TPSA) is 195 Å². The van der Waals surface area contributed by atoms with Crippen LogP contribution in [0.2, 0.25) is 0 Å². The smallest absolute Gasteiger partial charge is 0.465 e. The SMILES string of the molecule is CCOC(=O)C(CC(C)C)NP(=O)(NC(CC(C)C)C(=O)OCC)OC[C@H]1O[C@H](n2ccc(NC3CC3)nc2=O)C2(C)OC(=O)OC12. The maximum Gasteiger partial charge on any atom is 0.509 e.